The molecular weight excluding hydrogens is 420 g/mol. The third-order valence-corrected chi connectivity index (χ3v) is 7.19. The highest BCUT2D eigenvalue weighted by Gasteiger charge is 2.32. The Morgan fingerprint density at radius 3 is 2.71 bits per heavy atom. The van der Waals surface area contributed by atoms with Gasteiger partial charge in [-0.05, 0) is 37.3 Å². The van der Waals surface area contributed by atoms with E-state index in [1.54, 1.807) is 12.3 Å². The lowest BCUT2D eigenvalue weighted by molar-refractivity contribution is -0.124. The number of nitrogens with one attached hydrogen (secondary N) is 2. The fourth-order valence-corrected chi connectivity index (χ4v) is 5.39. The van der Waals surface area contributed by atoms with Gasteiger partial charge in [0.25, 0.3) is 0 Å². The van der Waals surface area contributed by atoms with Crippen LogP contribution in [0.15, 0.2) is 29.3 Å². The topological polar surface area (TPSA) is 112 Å². The van der Waals surface area contributed by atoms with Crippen molar-refractivity contribution in [2.24, 2.45) is 13.0 Å². The van der Waals surface area contributed by atoms with Gasteiger partial charge in [0.1, 0.15) is 19.3 Å². The molecule has 0 radical (unpaired) electrons. The van der Waals surface area contributed by atoms with Gasteiger partial charge in [-0.3, -0.25) is 9.48 Å². The summed E-state index contributed by atoms with van der Waals surface area (Å²) in [4.78, 5) is 13.1. The Labute approximate surface area is 182 Å². The number of aryl methyl sites for hydroxylation is 1. The van der Waals surface area contributed by atoms with Gasteiger partial charge in [-0.1, -0.05) is 13.8 Å². The van der Waals surface area contributed by atoms with Gasteiger partial charge in [0, 0.05) is 24.4 Å². The quantitative estimate of drug-likeness (QED) is 0.696. The fraction of sp³-hybridized carbons (Fsp3) is 0.524. The molecule has 0 saturated carbocycles. The number of rotatable bonds is 6. The third kappa shape index (κ3) is 4.40. The van der Waals surface area contributed by atoms with E-state index in [0.29, 0.717) is 24.7 Å². The first-order chi connectivity index (χ1) is 14.8. The van der Waals surface area contributed by atoms with Crippen LogP contribution in [0, 0.1) is 5.92 Å². The molecule has 1 aromatic carbocycles. The van der Waals surface area contributed by atoms with Gasteiger partial charge in [-0.15, -0.1) is 0 Å². The molecule has 2 aliphatic rings. The van der Waals surface area contributed by atoms with Crippen molar-refractivity contribution in [3.63, 3.8) is 0 Å². The second-order valence-corrected chi connectivity index (χ2v) is 9.99. The molecule has 1 amide bonds. The summed E-state index contributed by atoms with van der Waals surface area (Å²) >= 11 is 0. The lowest BCUT2D eigenvalue weighted by Gasteiger charge is -2.28. The van der Waals surface area contributed by atoms with Crippen LogP contribution in [0.25, 0.3) is 0 Å². The van der Waals surface area contributed by atoms with Crippen molar-refractivity contribution in [1.82, 2.24) is 19.8 Å². The van der Waals surface area contributed by atoms with E-state index in [4.69, 9.17) is 9.47 Å². The van der Waals surface area contributed by atoms with Crippen LogP contribution in [-0.4, -0.2) is 43.4 Å². The van der Waals surface area contributed by atoms with Crippen LogP contribution >= 0.6 is 0 Å². The molecule has 0 bridgehead atoms. The van der Waals surface area contributed by atoms with Gasteiger partial charge in [0.05, 0.1) is 17.1 Å². The summed E-state index contributed by atoms with van der Waals surface area (Å²) in [5, 5.41) is 7.33. The molecule has 1 aromatic heterocycles. The highest BCUT2D eigenvalue weighted by atomic mass is 32.2. The minimum absolute atomic E-state index is 0.0300. The molecule has 2 heterocycles. The van der Waals surface area contributed by atoms with Crippen molar-refractivity contribution >= 4 is 15.9 Å². The van der Waals surface area contributed by atoms with Crippen molar-refractivity contribution in [3.8, 4) is 11.5 Å². The van der Waals surface area contributed by atoms with Gasteiger partial charge < -0.3 is 14.8 Å². The van der Waals surface area contributed by atoms with Gasteiger partial charge >= 0.3 is 0 Å². The fourth-order valence-electron chi connectivity index (χ4n) is 4.04. The van der Waals surface area contributed by atoms with Crippen LogP contribution in [0.1, 0.15) is 44.0 Å². The largest absolute Gasteiger partial charge is 0.486 e. The molecule has 31 heavy (non-hydrogen) atoms. The highest BCUT2D eigenvalue weighted by molar-refractivity contribution is 7.89. The zero-order chi connectivity index (χ0) is 22.2. The van der Waals surface area contributed by atoms with Crippen molar-refractivity contribution in [2.75, 3.05) is 13.2 Å². The van der Waals surface area contributed by atoms with Crippen LogP contribution in [0.3, 0.4) is 0 Å². The Balaban J connectivity index is 1.52. The Morgan fingerprint density at radius 1 is 1.23 bits per heavy atom. The normalized spacial score (nSPS) is 19.0. The molecule has 1 aliphatic carbocycles. The third-order valence-electron chi connectivity index (χ3n) is 5.75. The SMILES string of the molecule is CC(C)[C@H](NS(=O)(=O)c1ccc2c(c1)OCCO2)C(=O)N[C@@H]1CCCc2c1cnn2C. The number of amides is 1. The van der Waals surface area contributed by atoms with Crippen molar-refractivity contribution < 1.29 is 22.7 Å². The second kappa shape index (κ2) is 8.51. The summed E-state index contributed by atoms with van der Waals surface area (Å²) in [5.41, 5.74) is 2.11. The number of hydrogen-bond acceptors (Lipinski definition) is 6. The first-order valence-corrected chi connectivity index (χ1v) is 12.0. The van der Waals surface area contributed by atoms with Crippen molar-refractivity contribution in [3.05, 3.63) is 35.7 Å². The Bertz CT molecular complexity index is 1080. The van der Waals surface area contributed by atoms with E-state index in [1.165, 1.54) is 12.1 Å². The molecule has 2 atom stereocenters. The molecule has 10 heteroatoms. The molecule has 1 aliphatic heterocycles. The Hall–Kier alpha value is -2.59. The molecule has 2 N–H and O–H groups in total. The monoisotopic (exact) mass is 448 g/mol. The first-order valence-electron chi connectivity index (χ1n) is 10.5. The molecule has 0 fully saturated rings. The van der Waals surface area contributed by atoms with E-state index in [1.807, 2.05) is 25.6 Å². The van der Waals surface area contributed by atoms with Crippen LogP contribution in [0.4, 0.5) is 0 Å². The summed E-state index contributed by atoms with van der Waals surface area (Å²) in [5.74, 6) is 0.292. The van der Waals surface area contributed by atoms with Crippen LogP contribution in [0.5, 0.6) is 11.5 Å². The molecule has 4 rings (SSSR count). The smallest absolute Gasteiger partial charge is 0.241 e. The van der Waals surface area contributed by atoms with E-state index >= 15 is 0 Å². The number of fused-ring (bicyclic) bond motifs is 2. The van der Waals surface area contributed by atoms with Crippen LogP contribution < -0.4 is 19.5 Å². The summed E-state index contributed by atoms with van der Waals surface area (Å²) in [6.07, 6.45) is 4.43. The van der Waals surface area contributed by atoms with Gasteiger partial charge in [-0.2, -0.15) is 9.82 Å². The highest BCUT2D eigenvalue weighted by Crippen LogP contribution is 2.32. The zero-order valence-electron chi connectivity index (χ0n) is 17.9. The maximum absolute atomic E-state index is 13.1. The first kappa shape index (κ1) is 21.6. The average molecular weight is 449 g/mol. The summed E-state index contributed by atoms with van der Waals surface area (Å²) in [7, 11) is -2.05. The molecular formula is C21H28N4O5S. The standard InChI is InChI=1S/C21H28N4O5S/c1-13(2)20(21(26)23-16-5-4-6-17-15(16)12-22-25(17)3)24-31(27,28)14-7-8-18-19(11-14)30-10-9-29-18/h7-8,11-13,16,20,24H,4-6,9-10H2,1-3H3,(H,23,26)/t16-,20+/m1/s1. The number of hydrogen-bond donors (Lipinski definition) is 2. The van der Waals surface area contributed by atoms with E-state index in [2.05, 4.69) is 15.1 Å². The lowest BCUT2D eigenvalue weighted by atomic mass is 9.92. The number of benzene rings is 1. The van der Waals surface area contributed by atoms with Gasteiger partial charge in [0.15, 0.2) is 11.5 Å². The molecule has 168 valence electrons. The maximum Gasteiger partial charge on any atom is 0.241 e. The maximum atomic E-state index is 13.1. The van der Waals surface area contributed by atoms with Crippen molar-refractivity contribution in [2.45, 2.75) is 50.1 Å². The summed E-state index contributed by atoms with van der Waals surface area (Å²) in [6.45, 7) is 4.41. The molecule has 2 aromatic rings. The lowest BCUT2D eigenvalue weighted by Crippen LogP contribution is -2.50. The zero-order valence-corrected chi connectivity index (χ0v) is 18.7. The predicted molar refractivity (Wildman–Crippen MR) is 113 cm³/mol. The molecule has 0 spiro atoms. The van der Waals surface area contributed by atoms with E-state index in [9.17, 15) is 13.2 Å². The van der Waals surface area contributed by atoms with Gasteiger partial charge in [0.2, 0.25) is 15.9 Å². The van der Waals surface area contributed by atoms with Gasteiger partial charge in [-0.25, -0.2) is 8.42 Å². The number of carbonyl (C=O) groups is 1. The van der Waals surface area contributed by atoms with E-state index < -0.39 is 16.1 Å². The van der Waals surface area contributed by atoms with Crippen LogP contribution in [-0.2, 0) is 28.3 Å². The number of nitrogens with zero attached hydrogens (tertiary/aromatic N) is 2. The summed E-state index contributed by atoms with van der Waals surface area (Å²) in [6, 6.07) is 3.35. The van der Waals surface area contributed by atoms with Crippen LogP contribution in [0.2, 0.25) is 0 Å². The number of sulfonamides is 1. The molecule has 0 saturated heterocycles. The average Bonchev–Trinajstić information content (AvgIpc) is 3.13. The molecule has 0 unspecified atom stereocenters. The number of aromatic nitrogens is 2. The molecule has 9 nitrogen and oxygen atoms in total. The van der Waals surface area contributed by atoms with E-state index in [-0.39, 0.29) is 22.8 Å². The van der Waals surface area contributed by atoms with Crippen molar-refractivity contribution in [1.29, 1.82) is 0 Å². The minimum Gasteiger partial charge on any atom is -0.486 e. The Kier molecular flexibility index (Phi) is 5.94. The summed E-state index contributed by atoms with van der Waals surface area (Å²) < 4.78 is 41.4. The number of ether oxygens (including phenoxy) is 2. The second-order valence-electron chi connectivity index (χ2n) is 8.27. The minimum atomic E-state index is -3.94. The Morgan fingerprint density at radius 2 is 1.97 bits per heavy atom. The predicted octanol–water partition coefficient (Wildman–Crippen LogP) is 1.69. The number of carbonyl (C=O) groups excluding carboxylic acids is 1. The van der Waals surface area contributed by atoms with E-state index in [0.717, 1.165) is 30.5 Å².